The van der Waals surface area contributed by atoms with Crippen molar-refractivity contribution in [3.63, 3.8) is 0 Å². The molecule has 6 nitrogen and oxygen atoms in total. The van der Waals surface area contributed by atoms with Crippen LogP contribution in [0.25, 0.3) is 17.3 Å². The highest BCUT2D eigenvalue weighted by atomic mass is 35.5. The Morgan fingerprint density at radius 1 is 1.12 bits per heavy atom. The summed E-state index contributed by atoms with van der Waals surface area (Å²) >= 11 is 7.37. The fourth-order valence-electron chi connectivity index (χ4n) is 3.33. The Morgan fingerprint density at radius 3 is 2.62 bits per heavy atom. The van der Waals surface area contributed by atoms with Gasteiger partial charge in [0.25, 0.3) is 0 Å². The molecule has 0 aliphatic rings. The van der Waals surface area contributed by atoms with Crippen molar-refractivity contribution in [1.82, 2.24) is 14.8 Å². The fraction of sp³-hybridized carbons (Fsp3) is 0.208. The van der Waals surface area contributed by atoms with Crippen molar-refractivity contribution in [2.24, 2.45) is 0 Å². The van der Waals surface area contributed by atoms with Gasteiger partial charge in [0.15, 0.2) is 10.9 Å². The molecule has 0 bridgehead atoms. The molecule has 32 heavy (non-hydrogen) atoms. The van der Waals surface area contributed by atoms with Gasteiger partial charge in [0, 0.05) is 16.4 Å². The van der Waals surface area contributed by atoms with Crippen molar-refractivity contribution in [3.05, 3.63) is 77.5 Å². The smallest absolute Gasteiger partial charge is 0.234 e. The second-order valence-electron chi connectivity index (χ2n) is 7.33. The van der Waals surface area contributed by atoms with Gasteiger partial charge in [0.1, 0.15) is 0 Å². The molecule has 1 atom stereocenters. The van der Waals surface area contributed by atoms with Crippen LogP contribution in [0.5, 0.6) is 0 Å². The molecular formula is C24H23ClN4O2S. The van der Waals surface area contributed by atoms with Gasteiger partial charge in [-0.15, -0.1) is 10.2 Å². The van der Waals surface area contributed by atoms with E-state index in [0.29, 0.717) is 27.7 Å². The van der Waals surface area contributed by atoms with Gasteiger partial charge in [-0.05, 0) is 60.4 Å². The molecule has 0 fully saturated rings. The average molecular weight is 467 g/mol. The van der Waals surface area contributed by atoms with E-state index < -0.39 is 0 Å². The maximum absolute atomic E-state index is 12.8. The van der Waals surface area contributed by atoms with Crippen LogP contribution in [-0.2, 0) is 4.79 Å². The van der Waals surface area contributed by atoms with E-state index in [-0.39, 0.29) is 11.7 Å². The number of benzene rings is 2. The maximum atomic E-state index is 12.8. The van der Waals surface area contributed by atoms with Gasteiger partial charge in [-0.2, -0.15) is 0 Å². The Hall–Kier alpha value is -3.03. The van der Waals surface area contributed by atoms with Gasteiger partial charge >= 0.3 is 0 Å². The SMILES string of the molecule is CC[C@H](C)c1ccccc1NC(=O)CSc1nnc(-c2ccco2)n1-c1ccc(Cl)cc1. The number of aromatic nitrogens is 3. The molecule has 0 saturated carbocycles. The highest BCUT2D eigenvalue weighted by Crippen LogP contribution is 2.30. The Labute approximate surface area is 196 Å². The molecule has 0 unspecified atom stereocenters. The number of halogens is 1. The molecule has 1 amide bonds. The number of thioether (sulfide) groups is 1. The number of nitrogens with zero attached hydrogens (tertiary/aromatic N) is 3. The van der Waals surface area contributed by atoms with Crippen LogP contribution in [0.1, 0.15) is 31.7 Å². The van der Waals surface area contributed by atoms with Crippen molar-refractivity contribution in [3.8, 4) is 17.3 Å². The van der Waals surface area contributed by atoms with Crippen molar-refractivity contribution in [2.75, 3.05) is 11.1 Å². The molecule has 164 valence electrons. The highest BCUT2D eigenvalue weighted by Gasteiger charge is 2.19. The second-order valence-corrected chi connectivity index (χ2v) is 8.71. The van der Waals surface area contributed by atoms with E-state index in [9.17, 15) is 4.79 Å². The number of furan rings is 1. The summed E-state index contributed by atoms with van der Waals surface area (Å²) in [5.74, 6) is 1.60. The largest absolute Gasteiger partial charge is 0.461 e. The molecule has 2 aromatic carbocycles. The van der Waals surface area contributed by atoms with Crippen LogP contribution >= 0.6 is 23.4 Å². The zero-order valence-corrected chi connectivity index (χ0v) is 19.4. The van der Waals surface area contributed by atoms with E-state index in [1.807, 2.05) is 41.0 Å². The molecule has 0 spiro atoms. The molecule has 0 aliphatic carbocycles. The van der Waals surface area contributed by atoms with E-state index in [4.69, 9.17) is 16.0 Å². The lowest BCUT2D eigenvalue weighted by Crippen LogP contribution is -2.16. The summed E-state index contributed by atoms with van der Waals surface area (Å²) in [4.78, 5) is 12.8. The molecule has 4 rings (SSSR count). The summed E-state index contributed by atoms with van der Waals surface area (Å²) in [5.41, 5.74) is 2.82. The normalized spacial score (nSPS) is 12.0. The number of para-hydroxylation sites is 1. The van der Waals surface area contributed by atoms with Gasteiger partial charge in [-0.3, -0.25) is 9.36 Å². The summed E-state index contributed by atoms with van der Waals surface area (Å²) in [5, 5.41) is 12.9. The van der Waals surface area contributed by atoms with Crippen LogP contribution in [0, 0.1) is 0 Å². The molecular weight excluding hydrogens is 444 g/mol. The summed E-state index contributed by atoms with van der Waals surface area (Å²) in [6.45, 7) is 4.30. The van der Waals surface area contributed by atoms with Gasteiger partial charge in [-0.25, -0.2) is 0 Å². The van der Waals surface area contributed by atoms with Crippen LogP contribution in [0.4, 0.5) is 5.69 Å². The molecule has 0 aliphatic heterocycles. The number of amides is 1. The number of hydrogen-bond donors (Lipinski definition) is 1. The van der Waals surface area contributed by atoms with Crippen LogP contribution in [0.15, 0.2) is 76.5 Å². The van der Waals surface area contributed by atoms with Gasteiger partial charge in [-0.1, -0.05) is 55.4 Å². The number of anilines is 1. The third-order valence-electron chi connectivity index (χ3n) is 5.17. The second kappa shape index (κ2) is 10.1. The number of hydrogen-bond acceptors (Lipinski definition) is 5. The fourth-order valence-corrected chi connectivity index (χ4v) is 4.21. The first-order chi connectivity index (χ1) is 15.6. The van der Waals surface area contributed by atoms with Crippen molar-refractivity contribution < 1.29 is 9.21 Å². The topological polar surface area (TPSA) is 73.0 Å². The molecule has 8 heteroatoms. The molecule has 2 heterocycles. The molecule has 1 N–H and O–H groups in total. The van der Waals surface area contributed by atoms with E-state index in [0.717, 1.165) is 23.4 Å². The first-order valence-electron chi connectivity index (χ1n) is 10.3. The summed E-state index contributed by atoms with van der Waals surface area (Å²) in [6.07, 6.45) is 2.59. The van der Waals surface area contributed by atoms with Crippen molar-refractivity contribution in [1.29, 1.82) is 0 Å². The van der Waals surface area contributed by atoms with E-state index in [2.05, 4.69) is 35.4 Å². The predicted molar refractivity (Wildman–Crippen MR) is 129 cm³/mol. The van der Waals surface area contributed by atoms with E-state index in [1.165, 1.54) is 11.8 Å². The van der Waals surface area contributed by atoms with Gasteiger partial charge in [0.05, 0.1) is 12.0 Å². The van der Waals surface area contributed by atoms with E-state index in [1.54, 1.807) is 24.5 Å². The Balaban J connectivity index is 1.55. The van der Waals surface area contributed by atoms with Crippen LogP contribution in [0.3, 0.4) is 0 Å². The van der Waals surface area contributed by atoms with Crippen molar-refractivity contribution in [2.45, 2.75) is 31.3 Å². The average Bonchev–Trinajstić information content (AvgIpc) is 3.48. The van der Waals surface area contributed by atoms with Crippen LogP contribution in [-0.4, -0.2) is 26.4 Å². The Bertz CT molecular complexity index is 1190. The van der Waals surface area contributed by atoms with Crippen molar-refractivity contribution >= 4 is 35.0 Å². The lowest BCUT2D eigenvalue weighted by molar-refractivity contribution is -0.113. The first-order valence-corrected chi connectivity index (χ1v) is 11.7. The predicted octanol–water partition coefficient (Wildman–Crippen LogP) is 6.43. The third kappa shape index (κ3) is 4.89. The summed E-state index contributed by atoms with van der Waals surface area (Å²) in [6, 6.07) is 18.9. The lowest BCUT2D eigenvalue weighted by Gasteiger charge is -2.15. The quantitative estimate of drug-likeness (QED) is 0.303. The highest BCUT2D eigenvalue weighted by molar-refractivity contribution is 7.99. The van der Waals surface area contributed by atoms with Crippen LogP contribution in [0.2, 0.25) is 5.02 Å². The summed E-state index contributed by atoms with van der Waals surface area (Å²) in [7, 11) is 0. The standard InChI is InChI=1S/C24H23ClN4O2S/c1-3-16(2)19-7-4-5-8-20(19)26-22(30)15-32-24-28-27-23(21-9-6-14-31-21)29(24)18-12-10-17(25)11-13-18/h4-14,16H,3,15H2,1-2H3,(H,26,30)/t16-/m0/s1. The van der Waals surface area contributed by atoms with Gasteiger partial charge in [0.2, 0.25) is 11.7 Å². The minimum atomic E-state index is -0.101. The maximum Gasteiger partial charge on any atom is 0.234 e. The number of nitrogens with one attached hydrogen (secondary N) is 1. The van der Waals surface area contributed by atoms with E-state index >= 15 is 0 Å². The number of carbonyl (C=O) groups is 1. The minimum absolute atomic E-state index is 0.101. The Kier molecular flexibility index (Phi) is 6.97. The Morgan fingerprint density at radius 2 is 1.91 bits per heavy atom. The number of rotatable bonds is 8. The first kappa shape index (κ1) is 22.2. The monoisotopic (exact) mass is 466 g/mol. The zero-order chi connectivity index (χ0) is 22.5. The molecule has 0 radical (unpaired) electrons. The molecule has 2 aromatic heterocycles. The molecule has 0 saturated heterocycles. The molecule has 4 aromatic rings. The summed E-state index contributed by atoms with van der Waals surface area (Å²) < 4.78 is 7.39. The minimum Gasteiger partial charge on any atom is -0.461 e. The lowest BCUT2D eigenvalue weighted by atomic mass is 9.97. The number of carbonyl (C=O) groups excluding carboxylic acids is 1. The third-order valence-corrected chi connectivity index (χ3v) is 6.35. The zero-order valence-electron chi connectivity index (χ0n) is 17.8. The van der Waals surface area contributed by atoms with Crippen LogP contribution < -0.4 is 5.32 Å². The van der Waals surface area contributed by atoms with Gasteiger partial charge < -0.3 is 9.73 Å².